The Labute approximate surface area is 132 Å². The minimum absolute atomic E-state index is 0.0349. The number of benzene rings is 1. The van der Waals surface area contributed by atoms with Crippen molar-refractivity contribution in [3.05, 3.63) is 41.6 Å². The third kappa shape index (κ3) is 2.85. The van der Waals surface area contributed by atoms with Crippen LogP contribution < -0.4 is 5.32 Å². The fraction of sp³-hybridized carbons (Fsp3) is 0.474. The minimum atomic E-state index is 0.0349. The average Bonchev–Trinajstić information content (AvgIpc) is 2.51. The molecule has 116 valence electrons. The Kier molecular flexibility index (Phi) is 4.14. The van der Waals surface area contributed by atoms with E-state index in [4.69, 9.17) is 0 Å². The number of para-hydroxylation sites is 1. The van der Waals surface area contributed by atoms with Gasteiger partial charge in [0.05, 0.1) is 11.1 Å². The predicted octanol–water partition coefficient (Wildman–Crippen LogP) is 4.10. The van der Waals surface area contributed by atoms with Crippen LogP contribution in [0.25, 0.3) is 10.9 Å². The molecule has 2 aromatic rings. The Bertz CT molecular complexity index is 695. The number of nitrogens with zero attached hydrogens (tertiary/aromatic N) is 1. The van der Waals surface area contributed by atoms with Crippen molar-refractivity contribution in [1.29, 1.82) is 0 Å². The van der Waals surface area contributed by atoms with E-state index in [9.17, 15) is 4.79 Å². The molecule has 0 unspecified atom stereocenters. The summed E-state index contributed by atoms with van der Waals surface area (Å²) in [4.78, 5) is 17.3. The highest BCUT2D eigenvalue weighted by Crippen LogP contribution is 2.30. The maximum Gasteiger partial charge on any atom is 0.252 e. The summed E-state index contributed by atoms with van der Waals surface area (Å²) < 4.78 is 0. The molecule has 1 amide bonds. The molecule has 1 aromatic carbocycles. The van der Waals surface area contributed by atoms with E-state index in [1.54, 1.807) is 0 Å². The predicted molar refractivity (Wildman–Crippen MR) is 89.9 cm³/mol. The molecule has 3 atom stereocenters. The lowest BCUT2D eigenvalue weighted by Crippen LogP contribution is -2.43. The number of hydrogen-bond donors (Lipinski definition) is 1. The second-order valence-corrected chi connectivity index (χ2v) is 6.68. The van der Waals surface area contributed by atoms with Crippen LogP contribution >= 0.6 is 0 Å². The van der Waals surface area contributed by atoms with Crippen LogP contribution in [0.2, 0.25) is 0 Å². The van der Waals surface area contributed by atoms with Gasteiger partial charge in [-0.15, -0.1) is 0 Å². The van der Waals surface area contributed by atoms with E-state index in [1.807, 2.05) is 37.3 Å². The number of amides is 1. The van der Waals surface area contributed by atoms with Crippen molar-refractivity contribution < 1.29 is 4.79 Å². The van der Waals surface area contributed by atoms with Crippen LogP contribution in [0.5, 0.6) is 0 Å². The number of hydrogen-bond acceptors (Lipinski definition) is 2. The molecule has 1 fully saturated rings. The van der Waals surface area contributed by atoms with Gasteiger partial charge in [0.2, 0.25) is 0 Å². The molecule has 0 radical (unpaired) electrons. The normalized spacial score (nSPS) is 25.1. The first-order chi connectivity index (χ1) is 10.6. The first-order valence-corrected chi connectivity index (χ1v) is 8.23. The van der Waals surface area contributed by atoms with Crippen LogP contribution in [0.3, 0.4) is 0 Å². The van der Waals surface area contributed by atoms with Crippen molar-refractivity contribution in [2.24, 2.45) is 11.8 Å². The molecular weight excluding hydrogens is 272 g/mol. The highest BCUT2D eigenvalue weighted by Gasteiger charge is 2.28. The van der Waals surface area contributed by atoms with Gasteiger partial charge in [-0.1, -0.05) is 44.9 Å². The molecule has 3 nitrogen and oxygen atoms in total. The number of fused-ring (bicyclic) bond motifs is 1. The Hall–Kier alpha value is -1.90. The zero-order chi connectivity index (χ0) is 15.7. The molecule has 22 heavy (non-hydrogen) atoms. The summed E-state index contributed by atoms with van der Waals surface area (Å²) in [7, 11) is 0. The SMILES string of the molecule is Cc1cc(C(=O)N[C@@H]2CCC[C@H](C)[C@H]2C)c2ccccc2n1. The second-order valence-electron chi connectivity index (χ2n) is 6.68. The summed E-state index contributed by atoms with van der Waals surface area (Å²) in [5, 5.41) is 4.20. The van der Waals surface area contributed by atoms with E-state index >= 15 is 0 Å². The van der Waals surface area contributed by atoms with Crippen LogP contribution in [0.4, 0.5) is 0 Å². The van der Waals surface area contributed by atoms with Crippen molar-refractivity contribution >= 4 is 16.8 Å². The van der Waals surface area contributed by atoms with Gasteiger partial charge >= 0.3 is 0 Å². The van der Waals surface area contributed by atoms with Crippen molar-refractivity contribution in [2.45, 2.75) is 46.1 Å². The van der Waals surface area contributed by atoms with Crippen LogP contribution in [0.1, 0.15) is 49.2 Å². The molecule has 1 aliphatic carbocycles. The third-order valence-electron chi connectivity index (χ3n) is 5.11. The van der Waals surface area contributed by atoms with Crippen LogP contribution in [-0.4, -0.2) is 16.9 Å². The van der Waals surface area contributed by atoms with Gasteiger partial charge in [-0.2, -0.15) is 0 Å². The molecule has 0 aliphatic heterocycles. The Balaban J connectivity index is 1.89. The van der Waals surface area contributed by atoms with Crippen molar-refractivity contribution in [3.8, 4) is 0 Å². The van der Waals surface area contributed by atoms with E-state index in [0.29, 0.717) is 11.8 Å². The molecule has 1 N–H and O–H groups in total. The number of carbonyl (C=O) groups is 1. The standard InChI is InChI=1S/C19H24N2O/c1-12-7-6-10-17(14(12)3)21-19(22)16-11-13(2)20-18-9-5-4-8-15(16)18/h4-5,8-9,11-12,14,17H,6-7,10H2,1-3H3,(H,21,22)/t12-,14+,17+/m0/s1. The number of aryl methyl sites for hydroxylation is 1. The van der Waals surface area contributed by atoms with Crippen molar-refractivity contribution in [3.63, 3.8) is 0 Å². The molecule has 1 aromatic heterocycles. The quantitative estimate of drug-likeness (QED) is 0.906. The van der Waals surface area contributed by atoms with Gasteiger partial charge < -0.3 is 5.32 Å². The first-order valence-electron chi connectivity index (χ1n) is 8.23. The summed E-state index contributed by atoms with van der Waals surface area (Å²) in [6, 6.07) is 10.0. The zero-order valence-electron chi connectivity index (χ0n) is 13.6. The molecule has 1 saturated carbocycles. The number of aromatic nitrogens is 1. The lowest BCUT2D eigenvalue weighted by molar-refractivity contribution is 0.0892. The number of pyridine rings is 1. The molecule has 3 heteroatoms. The largest absolute Gasteiger partial charge is 0.349 e. The topological polar surface area (TPSA) is 42.0 Å². The molecule has 0 saturated heterocycles. The molecular formula is C19H24N2O. The van der Waals surface area contributed by atoms with E-state index in [0.717, 1.165) is 28.6 Å². The highest BCUT2D eigenvalue weighted by atomic mass is 16.1. The maximum absolute atomic E-state index is 12.8. The highest BCUT2D eigenvalue weighted by molar-refractivity contribution is 6.06. The molecule has 1 heterocycles. The van der Waals surface area contributed by atoms with E-state index in [2.05, 4.69) is 24.1 Å². The lowest BCUT2D eigenvalue weighted by atomic mass is 9.78. The number of carbonyl (C=O) groups excluding carboxylic acids is 1. The second kappa shape index (κ2) is 6.07. The number of nitrogens with one attached hydrogen (secondary N) is 1. The monoisotopic (exact) mass is 296 g/mol. The summed E-state index contributed by atoms with van der Waals surface area (Å²) >= 11 is 0. The van der Waals surface area contributed by atoms with Gasteiger partial charge in [0.15, 0.2) is 0 Å². The van der Waals surface area contributed by atoms with E-state index in [1.165, 1.54) is 12.8 Å². The molecule has 0 spiro atoms. The fourth-order valence-electron chi connectivity index (χ4n) is 3.53. The average molecular weight is 296 g/mol. The van der Waals surface area contributed by atoms with Gasteiger partial charge in [-0.05, 0) is 37.3 Å². The maximum atomic E-state index is 12.8. The summed E-state index contributed by atoms with van der Waals surface area (Å²) in [5.74, 6) is 1.24. The molecule has 0 bridgehead atoms. The fourth-order valence-corrected chi connectivity index (χ4v) is 3.53. The smallest absolute Gasteiger partial charge is 0.252 e. The van der Waals surface area contributed by atoms with Gasteiger partial charge in [0.25, 0.3) is 5.91 Å². The van der Waals surface area contributed by atoms with Crippen LogP contribution in [-0.2, 0) is 0 Å². The molecule has 3 rings (SSSR count). The van der Waals surface area contributed by atoms with Gasteiger partial charge in [-0.25, -0.2) is 0 Å². The number of rotatable bonds is 2. The lowest BCUT2D eigenvalue weighted by Gasteiger charge is -2.34. The van der Waals surface area contributed by atoms with E-state index < -0.39 is 0 Å². The third-order valence-corrected chi connectivity index (χ3v) is 5.11. The summed E-state index contributed by atoms with van der Waals surface area (Å²) in [5.41, 5.74) is 2.51. The molecule has 1 aliphatic rings. The summed E-state index contributed by atoms with van der Waals surface area (Å²) in [6.45, 7) is 6.48. The Morgan fingerprint density at radius 3 is 2.82 bits per heavy atom. The Morgan fingerprint density at radius 2 is 2.00 bits per heavy atom. The van der Waals surface area contributed by atoms with Gasteiger partial charge in [-0.3, -0.25) is 9.78 Å². The Morgan fingerprint density at radius 1 is 1.23 bits per heavy atom. The van der Waals surface area contributed by atoms with Crippen molar-refractivity contribution in [1.82, 2.24) is 10.3 Å². The van der Waals surface area contributed by atoms with Crippen LogP contribution in [0, 0.1) is 18.8 Å². The van der Waals surface area contributed by atoms with E-state index in [-0.39, 0.29) is 11.9 Å². The van der Waals surface area contributed by atoms with Gasteiger partial charge in [0.1, 0.15) is 0 Å². The minimum Gasteiger partial charge on any atom is -0.349 e. The van der Waals surface area contributed by atoms with Crippen LogP contribution in [0.15, 0.2) is 30.3 Å². The van der Waals surface area contributed by atoms with Gasteiger partial charge in [0, 0.05) is 17.1 Å². The first kappa shape index (κ1) is 15.0. The summed E-state index contributed by atoms with van der Waals surface area (Å²) in [6.07, 6.45) is 3.55. The zero-order valence-corrected chi connectivity index (χ0v) is 13.6. The van der Waals surface area contributed by atoms with Crippen molar-refractivity contribution in [2.75, 3.05) is 0 Å².